The number of unbranched alkanes of at least 4 members (excludes halogenated alkanes) is 1. The van der Waals surface area contributed by atoms with Crippen LogP contribution in [0.5, 0.6) is 0 Å². The predicted molar refractivity (Wildman–Crippen MR) is 101 cm³/mol. The summed E-state index contributed by atoms with van der Waals surface area (Å²) >= 11 is 0. The summed E-state index contributed by atoms with van der Waals surface area (Å²) in [5.41, 5.74) is 1.19. The van der Waals surface area contributed by atoms with Gasteiger partial charge in [-0.05, 0) is 36.1 Å². The van der Waals surface area contributed by atoms with Crippen molar-refractivity contribution >= 4 is 30.2 Å². The molecule has 2 rings (SSSR count). The van der Waals surface area contributed by atoms with Crippen molar-refractivity contribution in [3.8, 4) is 11.1 Å². The molecule has 0 saturated carbocycles. The fourth-order valence-corrected chi connectivity index (χ4v) is 2.77. The van der Waals surface area contributed by atoms with E-state index in [0.717, 1.165) is 12.8 Å². The van der Waals surface area contributed by atoms with Crippen molar-refractivity contribution in [3.63, 3.8) is 0 Å². The molecule has 0 atom stereocenters. The first-order valence-corrected chi connectivity index (χ1v) is 8.45. The summed E-state index contributed by atoms with van der Waals surface area (Å²) in [6.07, 6.45) is 2.80. The molecule has 1 heterocycles. The van der Waals surface area contributed by atoms with E-state index in [1.807, 2.05) is 6.92 Å². The number of hydrogen-bond donors (Lipinski definition) is 2. The van der Waals surface area contributed by atoms with Gasteiger partial charge in [0.1, 0.15) is 0 Å². The Kier molecular flexibility index (Phi) is 6.62. The molecule has 0 aliphatic heterocycles. The first-order valence-electron chi connectivity index (χ1n) is 8.45. The van der Waals surface area contributed by atoms with E-state index in [-0.39, 0.29) is 29.3 Å². The van der Waals surface area contributed by atoms with Crippen molar-refractivity contribution in [2.24, 2.45) is 5.84 Å². The van der Waals surface area contributed by atoms with Crippen molar-refractivity contribution in [1.29, 1.82) is 0 Å². The maximum Gasteiger partial charge on any atom is 0.345 e. The highest BCUT2D eigenvalue weighted by atomic mass is 16.4. The Morgan fingerprint density at radius 3 is 2.44 bits per heavy atom. The van der Waals surface area contributed by atoms with Crippen molar-refractivity contribution in [2.75, 3.05) is 10.3 Å². The summed E-state index contributed by atoms with van der Waals surface area (Å²) in [6, 6.07) is 6.60. The summed E-state index contributed by atoms with van der Waals surface area (Å²) in [5, 5.41) is 3.22. The van der Waals surface area contributed by atoms with Crippen LogP contribution in [0.3, 0.4) is 0 Å². The second-order valence-corrected chi connectivity index (χ2v) is 5.95. The van der Waals surface area contributed by atoms with Crippen LogP contribution in [0.2, 0.25) is 0 Å². The second kappa shape index (κ2) is 8.91. The standard InChI is InChI=1S/C19H21N3O5/c1-3-4-5-15-16(10-23)18(22(20)11-24)27-19(26)17(15)13-6-8-14(9-7-13)21-12(2)25/h6-11H,3-5,20H2,1-2H3,(H,21,25). The lowest BCUT2D eigenvalue weighted by Crippen LogP contribution is -2.31. The maximum atomic E-state index is 12.6. The number of hydrogen-bond acceptors (Lipinski definition) is 6. The first-order chi connectivity index (χ1) is 12.9. The molecule has 0 spiro atoms. The van der Waals surface area contributed by atoms with E-state index < -0.39 is 5.63 Å². The molecular formula is C19H21N3O5. The minimum atomic E-state index is -0.703. The molecule has 27 heavy (non-hydrogen) atoms. The topological polar surface area (TPSA) is 123 Å². The highest BCUT2D eigenvalue weighted by molar-refractivity contribution is 5.92. The molecule has 0 radical (unpaired) electrons. The Morgan fingerprint density at radius 2 is 1.93 bits per heavy atom. The largest absolute Gasteiger partial charge is 0.403 e. The number of benzene rings is 1. The predicted octanol–water partition coefficient (Wildman–Crippen LogP) is 2.26. The van der Waals surface area contributed by atoms with Crippen molar-refractivity contribution < 1.29 is 18.8 Å². The third-order valence-electron chi connectivity index (χ3n) is 3.99. The van der Waals surface area contributed by atoms with E-state index in [0.29, 0.717) is 34.5 Å². The average Bonchev–Trinajstić information content (AvgIpc) is 2.65. The highest BCUT2D eigenvalue weighted by Gasteiger charge is 2.22. The number of nitrogens with zero attached hydrogens (tertiary/aromatic N) is 1. The number of nitrogens with one attached hydrogen (secondary N) is 1. The number of rotatable bonds is 8. The van der Waals surface area contributed by atoms with Gasteiger partial charge in [-0.25, -0.2) is 15.6 Å². The molecule has 1 aromatic carbocycles. The molecule has 0 aliphatic carbocycles. The fourth-order valence-electron chi connectivity index (χ4n) is 2.77. The molecule has 2 amide bonds. The molecule has 8 heteroatoms. The summed E-state index contributed by atoms with van der Waals surface area (Å²) in [5.74, 6) is 5.03. The van der Waals surface area contributed by atoms with Crippen LogP contribution >= 0.6 is 0 Å². The minimum Gasteiger partial charge on any atom is -0.403 e. The van der Waals surface area contributed by atoms with Gasteiger partial charge in [-0.3, -0.25) is 14.4 Å². The van der Waals surface area contributed by atoms with E-state index in [9.17, 15) is 19.2 Å². The van der Waals surface area contributed by atoms with Gasteiger partial charge in [0.15, 0.2) is 6.29 Å². The molecule has 0 unspecified atom stereocenters. The normalized spacial score (nSPS) is 10.3. The quantitative estimate of drug-likeness (QED) is 0.318. The molecule has 3 N–H and O–H groups in total. The summed E-state index contributed by atoms with van der Waals surface area (Å²) < 4.78 is 5.17. The Labute approximate surface area is 155 Å². The zero-order valence-electron chi connectivity index (χ0n) is 15.2. The van der Waals surface area contributed by atoms with Gasteiger partial charge in [0, 0.05) is 12.6 Å². The van der Waals surface area contributed by atoms with Crippen LogP contribution in [-0.2, 0) is 16.0 Å². The van der Waals surface area contributed by atoms with Gasteiger partial charge in [0.2, 0.25) is 18.2 Å². The van der Waals surface area contributed by atoms with Crippen molar-refractivity contribution in [2.45, 2.75) is 33.1 Å². The smallest absolute Gasteiger partial charge is 0.345 e. The van der Waals surface area contributed by atoms with Crippen LogP contribution in [-0.4, -0.2) is 18.6 Å². The highest BCUT2D eigenvalue weighted by Crippen LogP contribution is 2.30. The second-order valence-electron chi connectivity index (χ2n) is 5.95. The zero-order chi connectivity index (χ0) is 20.0. The van der Waals surface area contributed by atoms with E-state index in [2.05, 4.69) is 5.32 Å². The minimum absolute atomic E-state index is 0.0681. The van der Waals surface area contributed by atoms with Crippen molar-refractivity contribution in [1.82, 2.24) is 0 Å². The van der Waals surface area contributed by atoms with Crippen LogP contribution in [0.4, 0.5) is 11.6 Å². The summed E-state index contributed by atoms with van der Waals surface area (Å²) in [4.78, 5) is 46.4. The fraction of sp³-hybridized carbons (Fsp3) is 0.263. The number of carbonyl (C=O) groups excluding carboxylic acids is 3. The van der Waals surface area contributed by atoms with Gasteiger partial charge >= 0.3 is 5.63 Å². The molecule has 2 aromatic rings. The van der Waals surface area contributed by atoms with E-state index in [4.69, 9.17) is 10.3 Å². The summed E-state index contributed by atoms with van der Waals surface area (Å²) in [6.45, 7) is 3.38. The molecule has 8 nitrogen and oxygen atoms in total. The SMILES string of the molecule is CCCCc1c(C=O)c(N(N)C=O)oc(=O)c1-c1ccc(NC(C)=O)cc1. The number of anilines is 2. The molecule has 0 aliphatic rings. The first kappa shape index (κ1) is 20.1. The maximum absolute atomic E-state index is 12.6. The molecule has 0 saturated heterocycles. The lowest BCUT2D eigenvalue weighted by Gasteiger charge is -2.17. The molecule has 142 valence electrons. The van der Waals surface area contributed by atoms with Gasteiger partial charge in [-0.15, -0.1) is 0 Å². The molecule has 0 fully saturated rings. The van der Waals surface area contributed by atoms with Gasteiger partial charge in [-0.1, -0.05) is 25.5 Å². The van der Waals surface area contributed by atoms with Gasteiger partial charge in [0.25, 0.3) is 0 Å². The van der Waals surface area contributed by atoms with Crippen LogP contribution in [0.25, 0.3) is 11.1 Å². The Bertz CT molecular complexity index is 903. The summed E-state index contributed by atoms with van der Waals surface area (Å²) in [7, 11) is 0. The number of nitrogens with two attached hydrogens (primary N) is 1. The number of aldehydes is 1. The number of carbonyl (C=O) groups is 3. The van der Waals surface area contributed by atoms with Crippen LogP contribution in [0.15, 0.2) is 33.5 Å². The lowest BCUT2D eigenvalue weighted by atomic mass is 9.94. The van der Waals surface area contributed by atoms with E-state index >= 15 is 0 Å². The average molecular weight is 371 g/mol. The number of hydrazine groups is 1. The Morgan fingerprint density at radius 1 is 1.26 bits per heavy atom. The third kappa shape index (κ3) is 4.48. The Balaban J connectivity index is 2.67. The monoisotopic (exact) mass is 371 g/mol. The van der Waals surface area contributed by atoms with Crippen LogP contribution in [0.1, 0.15) is 42.6 Å². The number of amides is 2. The molecular weight excluding hydrogens is 350 g/mol. The molecule has 0 bridgehead atoms. The zero-order valence-corrected chi connectivity index (χ0v) is 15.2. The van der Waals surface area contributed by atoms with Gasteiger partial charge < -0.3 is 9.73 Å². The van der Waals surface area contributed by atoms with Crippen molar-refractivity contribution in [3.05, 3.63) is 45.8 Å². The van der Waals surface area contributed by atoms with Gasteiger partial charge in [-0.2, -0.15) is 0 Å². The van der Waals surface area contributed by atoms with Crippen LogP contribution < -0.4 is 21.8 Å². The molecule has 1 aromatic heterocycles. The van der Waals surface area contributed by atoms with E-state index in [1.165, 1.54) is 6.92 Å². The third-order valence-corrected chi connectivity index (χ3v) is 3.99. The lowest BCUT2D eigenvalue weighted by molar-refractivity contribution is -0.114. The van der Waals surface area contributed by atoms with Gasteiger partial charge in [0.05, 0.1) is 11.1 Å². The Hall–Kier alpha value is -3.26. The van der Waals surface area contributed by atoms with E-state index in [1.54, 1.807) is 24.3 Å². The van der Waals surface area contributed by atoms with Crippen LogP contribution in [0, 0.1) is 0 Å².